The maximum Gasteiger partial charge on any atom is 0.345 e. The van der Waals surface area contributed by atoms with Crippen molar-refractivity contribution in [2.75, 3.05) is 24.5 Å². The number of halogens is 1. The van der Waals surface area contributed by atoms with Gasteiger partial charge in [-0.05, 0) is 50.8 Å². The van der Waals surface area contributed by atoms with Crippen LogP contribution in [0.15, 0.2) is 23.9 Å². The molecule has 2 aliphatic carbocycles. The number of carbonyl (C=O) groups excluding carboxylic acids is 1. The van der Waals surface area contributed by atoms with E-state index in [0.29, 0.717) is 11.5 Å². The second-order valence-electron chi connectivity index (χ2n) is 9.43. The summed E-state index contributed by atoms with van der Waals surface area (Å²) in [6.07, 6.45) is 3.10. The van der Waals surface area contributed by atoms with Crippen LogP contribution < -0.4 is 14.9 Å². The summed E-state index contributed by atoms with van der Waals surface area (Å²) < 4.78 is 12.8. The van der Waals surface area contributed by atoms with Crippen LogP contribution in [0.25, 0.3) is 0 Å². The van der Waals surface area contributed by atoms with Crippen LogP contribution in [0.2, 0.25) is 0 Å². The standard InChI is InChI=1S/C23H28FN3O4/c1-3-25-23(7-8-23)14-6-9-26(11-14)18-5-4-15-20(13(18)2)27(31,19-10-17(19)24)12-16(21(15)28)22(29)30/h4-5,12,14,17,19,25H,3,6-11H2,1-2H3,(H,29,30)/t14-,17-,19-,27?/m1/s1. The lowest BCUT2D eigenvalue weighted by molar-refractivity contribution is -0.132. The van der Waals surface area contributed by atoms with E-state index in [1.165, 1.54) is 12.8 Å². The Hall–Kier alpha value is -2.29. The minimum atomic E-state index is -1.45. The molecule has 1 aromatic carbocycles. The molecule has 2 aliphatic heterocycles. The zero-order valence-electron chi connectivity index (χ0n) is 17.9. The molecule has 4 aliphatic rings. The van der Waals surface area contributed by atoms with E-state index in [4.69, 9.17) is 0 Å². The molecule has 2 N–H and O–H groups in total. The van der Waals surface area contributed by atoms with E-state index in [0.717, 1.165) is 37.9 Å². The fourth-order valence-electron chi connectivity index (χ4n) is 5.73. The third-order valence-corrected chi connectivity index (χ3v) is 7.59. The lowest BCUT2D eigenvalue weighted by Crippen LogP contribution is -2.46. The van der Waals surface area contributed by atoms with Crippen molar-refractivity contribution in [1.29, 1.82) is 0 Å². The molecule has 1 unspecified atom stereocenters. The summed E-state index contributed by atoms with van der Waals surface area (Å²) in [6, 6.07) is 2.47. The molecular weight excluding hydrogens is 401 g/mol. The first kappa shape index (κ1) is 20.6. The van der Waals surface area contributed by atoms with Crippen molar-refractivity contribution in [3.63, 3.8) is 0 Å². The third-order valence-electron chi connectivity index (χ3n) is 7.59. The van der Waals surface area contributed by atoms with Crippen LogP contribution in [0.5, 0.6) is 0 Å². The molecule has 1 aromatic rings. The Labute approximate surface area is 180 Å². The normalized spacial score (nSPS) is 33.2. The molecule has 8 heteroatoms. The predicted molar refractivity (Wildman–Crippen MR) is 116 cm³/mol. The number of carboxylic acids is 1. The quantitative estimate of drug-likeness (QED) is 0.410. The number of hydrogen-bond acceptors (Lipinski definition) is 5. The van der Waals surface area contributed by atoms with Gasteiger partial charge in [-0.2, -0.15) is 0 Å². The maximum atomic E-state index is 14.0. The van der Waals surface area contributed by atoms with Gasteiger partial charge in [-0.15, -0.1) is 0 Å². The van der Waals surface area contributed by atoms with Crippen molar-refractivity contribution in [3.8, 4) is 0 Å². The van der Waals surface area contributed by atoms with Crippen LogP contribution in [-0.4, -0.2) is 54.2 Å². The van der Waals surface area contributed by atoms with Crippen LogP contribution in [0, 0.1) is 18.0 Å². The van der Waals surface area contributed by atoms with Gasteiger partial charge < -0.3 is 20.5 Å². The molecule has 0 aromatic heterocycles. The Kier molecular flexibility index (Phi) is 4.55. The van der Waals surface area contributed by atoms with Gasteiger partial charge in [0.2, 0.25) is 5.78 Å². The van der Waals surface area contributed by atoms with E-state index in [-0.39, 0.29) is 23.2 Å². The summed E-state index contributed by atoms with van der Waals surface area (Å²) in [5.74, 6) is -1.61. The Morgan fingerprint density at radius 3 is 2.71 bits per heavy atom. The highest BCUT2D eigenvalue weighted by Crippen LogP contribution is 2.51. The number of anilines is 1. The number of alkyl halides is 1. The van der Waals surface area contributed by atoms with Crippen molar-refractivity contribution in [2.45, 2.75) is 57.3 Å². The highest BCUT2D eigenvalue weighted by atomic mass is 19.1. The number of nitrogens with zero attached hydrogens (tertiary/aromatic N) is 2. The molecular formula is C23H28FN3O4. The number of hydroxylamine groups is 2. The number of carboxylic acid groups (broad SMARTS) is 1. The second kappa shape index (κ2) is 6.85. The Bertz CT molecular complexity index is 1000. The minimum Gasteiger partial charge on any atom is -0.622 e. The van der Waals surface area contributed by atoms with Crippen LogP contribution in [0.1, 0.15) is 48.5 Å². The van der Waals surface area contributed by atoms with Crippen molar-refractivity contribution < 1.29 is 19.1 Å². The molecule has 5 rings (SSSR count). The van der Waals surface area contributed by atoms with Gasteiger partial charge in [0.15, 0.2) is 17.4 Å². The summed E-state index contributed by atoms with van der Waals surface area (Å²) in [7, 11) is 0. The second-order valence-corrected chi connectivity index (χ2v) is 9.43. The third kappa shape index (κ3) is 3.03. The van der Waals surface area contributed by atoms with Crippen LogP contribution in [0.3, 0.4) is 0 Å². The molecule has 0 spiro atoms. The van der Waals surface area contributed by atoms with Gasteiger partial charge in [0.05, 0.1) is 5.56 Å². The summed E-state index contributed by atoms with van der Waals surface area (Å²) in [4.78, 5) is 26.6. The molecule has 0 amide bonds. The first-order valence-corrected chi connectivity index (χ1v) is 11.1. The molecule has 31 heavy (non-hydrogen) atoms. The van der Waals surface area contributed by atoms with Gasteiger partial charge in [0.25, 0.3) is 0 Å². The fraction of sp³-hybridized carbons (Fsp3) is 0.565. The van der Waals surface area contributed by atoms with Crippen LogP contribution in [0.4, 0.5) is 15.8 Å². The van der Waals surface area contributed by atoms with Crippen molar-refractivity contribution >= 4 is 23.1 Å². The Morgan fingerprint density at radius 1 is 1.42 bits per heavy atom. The summed E-state index contributed by atoms with van der Waals surface area (Å²) in [5, 5.41) is 26.9. The first-order chi connectivity index (χ1) is 14.7. The topological polar surface area (TPSA) is 92.7 Å². The monoisotopic (exact) mass is 429 g/mol. The molecule has 3 fully saturated rings. The number of quaternary nitrogens is 1. The largest absolute Gasteiger partial charge is 0.622 e. The number of fused-ring (bicyclic) bond motifs is 1. The zero-order valence-corrected chi connectivity index (χ0v) is 17.9. The summed E-state index contributed by atoms with van der Waals surface area (Å²) in [5.41, 5.74) is 1.45. The summed E-state index contributed by atoms with van der Waals surface area (Å²) >= 11 is 0. The number of aliphatic carboxylic acids is 1. The molecule has 4 atom stereocenters. The zero-order chi connectivity index (χ0) is 22.1. The number of carbonyl (C=O) groups is 2. The summed E-state index contributed by atoms with van der Waals surface area (Å²) in [6.45, 7) is 6.58. The van der Waals surface area contributed by atoms with Crippen molar-refractivity contribution in [2.24, 2.45) is 5.92 Å². The molecule has 2 saturated carbocycles. The van der Waals surface area contributed by atoms with E-state index in [1.807, 2.05) is 6.07 Å². The number of nitrogens with one attached hydrogen (secondary N) is 1. The van der Waals surface area contributed by atoms with Gasteiger partial charge in [-0.25, -0.2) is 9.18 Å². The van der Waals surface area contributed by atoms with Crippen molar-refractivity contribution in [3.05, 3.63) is 40.2 Å². The lowest BCUT2D eigenvalue weighted by atomic mass is 9.93. The van der Waals surface area contributed by atoms with E-state index < -0.39 is 34.2 Å². The Morgan fingerprint density at radius 2 is 2.13 bits per heavy atom. The average Bonchev–Trinajstić information content (AvgIpc) is 3.62. The molecule has 7 nitrogen and oxygen atoms in total. The predicted octanol–water partition coefficient (Wildman–Crippen LogP) is 3.04. The number of rotatable bonds is 6. The molecule has 1 saturated heterocycles. The van der Waals surface area contributed by atoms with E-state index in [9.17, 15) is 24.3 Å². The number of benzene rings is 1. The molecule has 0 radical (unpaired) electrons. The van der Waals surface area contributed by atoms with Gasteiger partial charge in [-0.1, -0.05) is 6.92 Å². The maximum absolute atomic E-state index is 14.0. The first-order valence-electron chi connectivity index (χ1n) is 11.1. The smallest absolute Gasteiger partial charge is 0.345 e. The van der Waals surface area contributed by atoms with Gasteiger partial charge in [0.1, 0.15) is 12.2 Å². The lowest BCUT2D eigenvalue weighted by Gasteiger charge is -2.43. The minimum absolute atomic E-state index is 0.0706. The number of hydrogen-bond donors (Lipinski definition) is 2. The number of ketones is 1. The van der Waals surface area contributed by atoms with Crippen LogP contribution in [-0.2, 0) is 4.79 Å². The van der Waals surface area contributed by atoms with Crippen molar-refractivity contribution in [1.82, 2.24) is 9.96 Å². The van der Waals surface area contributed by atoms with Gasteiger partial charge in [-0.3, -0.25) is 9.44 Å². The molecule has 2 heterocycles. The highest BCUT2D eigenvalue weighted by Gasteiger charge is 2.55. The van der Waals surface area contributed by atoms with E-state index in [1.54, 1.807) is 13.0 Å². The van der Waals surface area contributed by atoms with Crippen LogP contribution >= 0.6 is 0 Å². The molecule has 0 bridgehead atoms. The van der Waals surface area contributed by atoms with Gasteiger partial charge >= 0.3 is 5.97 Å². The van der Waals surface area contributed by atoms with E-state index >= 15 is 0 Å². The SMILES string of the molecule is CCNC1([C@@H]2CCN(c3ccc4c(c3C)[N+]([O-])([C@@H]3C[C@H]3F)C=C(C(=O)O)C4=O)C2)CC1. The molecule has 166 valence electrons. The fourth-order valence-corrected chi connectivity index (χ4v) is 5.73. The average molecular weight is 429 g/mol. The Balaban J connectivity index is 1.53. The van der Waals surface area contributed by atoms with Gasteiger partial charge in [0, 0.05) is 36.3 Å². The van der Waals surface area contributed by atoms with E-state index in [2.05, 4.69) is 17.1 Å². The number of Topliss-reactive ketones (excluding diaryl/α,β-unsaturated/α-hetero) is 1. The highest BCUT2D eigenvalue weighted by molar-refractivity contribution is 6.27.